The minimum atomic E-state index is -1.01. The molecule has 35 heavy (non-hydrogen) atoms. The molecular formula is C31H44FN3. The van der Waals surface area contributed by atoms with E-state index >= 15 is 0 Å². The van der Waals surface area contributed by atoms with Crippen LogP contribution in [0.5, 0.6) is 0 Å². The van der Waals surface area contributed by atoms with Crippen molar-refractivity contribution < 1.29 is 4.39 Å². The summed E-state index contributed by atoms with van der Waals surface area (Å²) in [5.74, 6) is 0.740. The predicted octanol–water partition coefficient (Wildman–Crippen LogP) is 7.38. The monoisotopic (exact) mass is 477 g/mol. The summed E-state index contributed by atoms with van der Waals surface area (Å²) in [6.07, 6.45) is 11.8. The third-order valence-electron chi connectivity index (χ3n) is 8.40. The molecule has 2 aliphatic heterocycles. The molecule has 4 heteroatoms. The number of nitrogens with zero attached hydrogens (tertiary/aromatic N) is 3. The van der Waals surface area contributed by atoms with Gasteiger partial charge in [0.25, 0.3) is 0 Å². The van der Waals surface area contributed by atoms with Crippen LogP contribution in [0, 0.1) is 5.92 Å². The molecule has 2 fully saturated rings. The van der Waals surface area contributed by atoms with E-state index in [1.54, 1.807) is 0 Å². The fourth-order valence-electron chi connectivity index (χ4n) is 5.60. The van der Waals surface area contributed by atoms with Gasteiger partial charge in [0, 0.05) is 37.1 Å². The van der Waals surface area contributed by atoms with Crippen LogP contribution in [0.1, 0.15) is 76.3 Å². The Morgan fingerprint density at radius 3 is 2.26 bits per heavy atom. The molecule has 1 aromatic carbocycles. The number of piperidine rings is 2. The number of pyridine rings is 1. The molecule has 0 bridgehead atoms. The molecule has 0 atom stereocenters. The standard InChI is InChI=1S/C31H44FN3/c1-4-31(32,5-2)24-34-21-17-26(18-22-34)9-10-27-11-16-30(33-23-27)29-14-12-28(13-15-29)25(3)35-19-7-6-8-20-35/h11-16,23,26H,3-10,17-22,24H2,1-2H3. The Morgan fingerprint density at radius 1 is 0.971 bits per heavy atom. The Hall–Kier alpha value is -2.20. The van der Waals surface area contributed by atoms with Crippen LogP contribution in [0.15, 0.2) is 49.2 Å². The largest absolute Gasteiger partial charge is 0.372 e. The van der Waals surface area contributed by atoms with E-state index in [4.69, 9.17) is 4.98 Å². The summed E-state index contributed by atoms with van der Waals surface area (Å²) in [6, 6.07) is 13.1. The van der Waals surface area contributed by atoms with Crippen molar-refractivity contribution in [2.24, 2.45) is 5.92 Å². The summed E-state index contributed by atoms with van der Waals surface area (Å²) < 4.78 is 14.7. The fourth-order valence-corrected chi connectivity index (χ4v) is 5.60. The topological polar surface area (TPSA) is 19.4 Å². The second kappa shape index (κ2) is 12.2. The first-order valence-electron chi connectivity index (χ1n) is 13.9. The summed E-state index contributed by atoms with van der Waals surface area (Å²) in [5, 5.41) is 0. The van der Waals surface area contributed by atoms with Crippen molar-refractivity contribution in [2.75, 3.05) is 32.7 Å². The normalized spacial score (nSPS) is 18.1. The SMILES string of the molecule is C=C(c1ccc(-c2ccc(CCC3CCN(CC(F)(CC)CC)CC3)cn2)cc1)N1CCCCC1. The summed E-state index contributed by atoms with van der Waals surface area (Å²) in [4.78, 5) is 9.52. The maximum absolute atomic E-state index is 14.7. The fraction of sp³-hybridized carbons (Fsp3) is 0.581. The van der Waals surface area contributed by atoms with Gasteiger partial charge in [0.05, 0.1) is 5.69 Å². The number of hydrogen-bond acceptors (Lipinski definition) is 3. The van der Waals surface area contributed by atoms with E-state index in [1.807, 2.05) is 20.0 Å². The van der Waals surface area contributed by atoms with Crippen LogP contribution in [0.3, 0.4) is 0 Å². The number of aromatic nitrogens is 1. The van der Waals surface area contributed by atoms with E-state index in [1.165, 1.54) is 49.7 Å². The van der Waals surface area contributed by atoms with Crippen LogP contribution in [0.25, 0.3) is 17.0 Å². The highest BCUT2D eigenvalue weighted by molar-refractivity contribution is 5.67. The third-order valence-corrected chi connectivity index (χ3v) is 8.40. The van der Waals surface area contributed by atoms with Gasteiger partial charge in [0.2, 0.25) is 0 Å². The highest BCUT2D eigenvalue weighted by Crippen LogP contribution is 2.28. The average Bonchev–Trinajstić information content (AvgIpc) is 2.93. The molecule has 2 aromatic rings. The third kappa shape index (κ3) is 6.94. The van der Waals surface area contributed by atoms with E-state index in [9.17, 15) is 4.39 Å². The molecule has 0 saturated carbocycles. The quantitative estimate of drug-likeness (QED) is 0.356. The van der Waals surface area contributed by atoms with Gasteiger partial charge in [0.15, 0.2) is 0 Å². The molecule has 0 N–H and O–H groups in total. The van der Waals surface area contributed by atoms with Gasteiger partial charge in [-0.3, -0.25) is 4.98 Å². The van der Waals surface area contributed by atoms with Crippen molar-refractivity contribution in [1.29, 1.82) is 0 Å². The van der Waals surface area contributed by atoms with Gasteiger partial charge >= 0.3 is 0 Å². The van der Waals surface area contributed by atoms with Crippen LogP contribution in [-0.2, 0) is 6.42 Å². The minimum absolute atomic E-state index is 0.603. The molecule has 0 aliphatic carbocycles. The highest BCUT2D eigenvalue weighted by atomic mass is 19.1. The molecule has 4 rings (SSSR count). The maximum atomic E-state index is 14.7. The van der Waals surface area contributed by atoms with Gasteiger partial charge in [-0.05, 0) is 94.0 Å². The van der Waals surface area contributed by atoms with Crippen LogP contribution in [0.4, 0.5) is 4.39 Å². The second-order valence-corrected chi connectivity index (χ2v) is 10.7. The molecular weight excluding hydrogens is 433 g/mol. The first kappa shape index (κ1) is 25.9. The lowest BCUT2D eigenvalue weighted by Gasteiger charge is -2.36. The molecule has 190 valence electrons. The first-order valence-corrected chi connectivity index (χ1v) is 13.9. The lowest BCUT2D eigenvalue weighted by Crippen LogP contribution is -2.43. The van der Waals surface area contributed by atoms with Crippen molar-refractivity contribution in [2.45, 2.75) is 77.3 Å². The van der Waals surface area contributed by atoms with Gasteiger partial charge in [-0.2, -0.15) is 0 Å². The number of likely N-dealkylation sites (tertiary alicyclic amines) is 2. The zero-order chi connectivity index (χ0) is 24.7. The number of halogens is 1. The number of benzene rings is 1. The molecule has 0 radical (unpaired) electrons. The molecule has 2 saturated heterocycles. The summed E-state index contributed by atoms with van der Waals surface area (Å²) in [6.45, 7) is 13.2. The van der Waals surface area contributed by atoms with Gasteiger partial charge in [0.1, 0.15) is 5.67 Å². The number of rotatable bonds is 10. The van der Waals surface area contributed by atoms with Gasteiger partial charge in [-0.25, -0.2) is 4.39 Å². The van der Waals surface area contributed by atoms with Crippen molar-refractivity contribution in [3.63, 3.8) is 0 Å². The minimum Gasteiger partial charge on any atom is -0.372 e. The van der Waals surface area contributed by atoms with Crippen LogP contribution < -0.4 is 0 Å². The Kier molecular flexibility index (Phi) is 8.99. The van der Waals surface area contributed by atoms with Crippen molar-refractivity contribution in [1.82, 2.24) is 14.8 Å². The molecule has 2 aliphatic rings. The lowest BCUT2D eigenvalue weighted by molar-refractivity contribution is 0.0628. The van der Waals surface area contributed by atoms with Crippen molar-refractivity contribution in [3.8, 4) is 11.3 Å². The number of alkyl halides is 1. The maximum Gasteiger partial charge on any atom is 0.123 e. The summed E-state index contributed by atoms with van der Waals surface area (Å²) >= 11 is 0. The molecule has 0 amide bonds. The number of aryl methyl sites for hydroxylation is 1. The van der Waals surface area contributed by atoms with E-state index in [0.29, 0.717) is 19.4 Å². The van der Waals surface area contributed by atoms with Gasteiger partial charge in [-0.1, -0.05) is 50.8 Å². The van der Waals surface area contributed by atoms with Crippen LogP contribution in [-0.4, -0.2) is 53.2 Å². The molecule has 3 nitrogen and oxygen atoms in total. The van der Waals surface area contributed by atoms with Crippen molar-refractivity contribution in [3.05, 3.63) is 60.3 Å². The Labute approximate surface area is 212 Å². The molecule has 1 aromatic heterocycles. The van der Waals surface area contributed by atoms with Gasteiger partial charge in [-0.15, -0.1) is 0 Å². The number of hydrogen-bond donors (Lipinski definition) is 0. The second-order valence-electron chi connectivity index (χ2n) is 10.7. The summed E-state index contributed by atoms with van der Waals surface area (Å²) in [7, 11) is 0. The van der Waals surface area contributed by atoms with Gasteiger partial charge < -0.3 is 9.80 Å². The van der Waals surface area contributed by atoms with Crippen molar-refractivity contribution >= 4 is 5.70 Å². The molecule has 0 unspecified atom stereocenters. The summed E-state index contributed by atoms with van der Waals surface area (Å²) in [5.41, 5.74) is 4.83. The van der Waals surface area contributed by atoms with E-state index < -0.39 is 5.67 Å². The molecule has 3 heterocycles. The molecule has 0 spiro atoms. The Balaban J connectivity index is 1.24. The van der Waals surface area contributed by atoms with E-state index in [0.717, 1.165) is 55.5 Å². The zero-order valence-corrected chi connectivity index (χ0v) is 21.9. The Bertz CT molecular complexity index is 919. The van der Waals surface area contributed by atoms with E-state index in [2.05, 4.69) is 52.8 Å². The Morgan fingerprint density at radius 2 is 1.66 bits per heavy atom. The predicted molar refractivity (Wildman–Crippen MR) is 146 cm³/mol. The highest BCUT2D eigenvalue weighted by Gasteiger charge is 2.30. The van der Waals surface area contributed by atoms with Crippen LogP contribution in [0.2, 0.25) is 0 Å². The van der Waals surface area contributed by atoms with E-state index in [-0.39, 0.29) is 0 Å². The average molecular weight is 478 g/mol. The zero-order valence-electron chi connectivity index (χ0n) is 21.9. The first-order chi connectivity index (χ1) is 17.0. The lowest BCUT2D eigenvalue weighted by atomic mass is 9.89. The smallest absolute Gasteiger partial charge is 0.123 e. The van der Waals surface area contributed by atoms with Crippen LogP contribution >= 0.6 is 0 Å².